The summed E-state index contributed by atoms with van der Waals surface area (Å²) >= 11 is 0. The van der Waals surface area contributed by atoms with Crippen LogP contribution in [0.25, 0.3) is 0 Å². The zero-order chi connectivity index (χ0) is 51.3. The second-order valence-corrected chi connectivity index (χ2v) is 23.4. The molecule has 0 radical (unpaired) electrons. The highest BCUT2D eigenvalue weighted by Gasteiger charge is 2.79. The van der Waals surface area contributed by atoms with Crippen LogP contribution in [0.2, 0.25) is 0 Å². The van der Waals surface area contributed by atoms with Crippen molar-refractivity contribution in [1.29, 1.82) is 0 Å². The molecule has 0 spiro atoms. The van der Waals surface area contributed by atoms with Crippen LogP contribution < -0.4 is 0 Å². The van der Waals surface area contributed by atoms with E-state index in [1.807, 2.05) is 13.8 Å². The van der Waals surface area contributed by atoms with Crippen LogP contribution in [0, 0.1) is 33.5 Å². The Morgan fingerprint density at radius 1 is 0.704 bits per heavy atom. The van der Waals surface area contributed by atoms with Crippen LogP contribution >= 0.6 is 0 Å². The van der Waals surface area contributed by atoms with Crippen molar-refractivity contribution in [2.75, 3.05) is 13.2 Å². The quantitative estimate of drug-likeness (QED) is 0.107. The van der Waals surface area contributed by atoms with E-state index < -0.39 is 140 Å². The summed E-state index contributed by atoms with van der Waals surface area (Å²) in [5, 5.41) is 88.9. The summed E-state index contributed by atoms with van der Waals surface area (Å²) in [5.41, 5.74) is -2.16. The van der Waals surface area contributed by atoms with E-state index >= 15 is 0 Å². The number of cyclic esters (lactones) is 1. The Balaban J connectivity index is 0.769. The first kappa shape index (κ1) is 53.9. The van der Waals surface area contributed by atoms with Crippen LogP contribution in [-0.2, 0) is 57.0 Å². The van der Waals surface area contributed by atoms with Gasteiger partial charge in [-0.15, -0.1) is 0 Å². The summed E-state index contributed by atoms with van der Waals surface area (Å²) in [5.74, 6) is -0.862. The van der Waals surface area contributed by atoms with Crippen molar-refractivity contribution in [3.63, 3.8) is 0 Å². The van der Waals surface area contributed by atoms with Crippen LogP contribution in [0.3, 0.4) is 0 Å². The zero-order valence-electron chi connectivity index (χ0n) is 42.4. The van der Waals surface area contributed by atoms with E-state index in [0.29, 0.717) is 19.3 Å². The fourth-order valence-corrected chi connectivity index (χ4v) is 15.6. The average molecular weight is 1010 g/mol. The topological polar surface area (TPSA) is 288 Å². The standard InChI is InChI=1S/C51H80O20/c1-23-43(69-38-18-32(55)44(24(2)64-38)70-39-19-33(66-26(4)53)45(25(3)65-39)71-46-42(60)41(59)40(58)34(21-52)68-46)31(54)17-37(63-23)67-29-10-12-47(5)28(16-29)9-13-48(6)49(47,7)20-35(56)50(8)30(11-14-51(48,50)61)27-15-36(57)62-22-27/h15,23-25,28-35,37-46,52,54-56,58-61H,9-14,16-22H2,1-8H3/t23-,24-,25-,28-,29+,30-,31+,32+,33+,34-,35-,37+,38+,39+,40-,41+,42-,43-,44-,45-,46+,47+,48-,49-,50+,51+/m1/s1. The highest BCUT2D eigenvalue weighted by atomic mass is 16.8. The first-order valence-electron chi connectivity index (χ1n) is 26.1. The van der Waals surface area contributed by atoms with E-state index in [1.54, 1.807) is 19.9 Å². The summed E-state index contributed by atoms with van der Waals surface area (Å²) in [7, 11) is 0. The van der Waals surface area contributed by atoms with Gasteiger partial charge in [-0.05, 0) is 100 Å². The highest BCUT2D eigenvalue weighted by molar-refractivity contribution is 5.85. The van der Waals surface area contributed by atoms with Crippen molar-refractivity contribution in [3.05, 3.63) is 11.6 Å². The van der Waals surface area contributed by atoms with Gasteiger partial charge in [0.15, 0.2) is 25.2 Å². The summed E-state index contributed by atoms with van der Waals surface area (Å²) in [4.78, 5) is 24.3. The fraction of sp³-hybridized carbons (Fsp3) is 0.922. The maximum atomic E-state index is 13.1. The predicted molar refractivity (Wildman–Crippen MR) is 244 cm³/mol. The maximum Gasteiger partial charge on any atom is 0.331 e. The molecule has 4 saturated carbocycles. The molecule has 4 saturated heterocycles. The van der Waals surface area contributed by atoms with Crippen molar-refractivity contribution in [1.82, 2.24) is 0 Å². The number of carbonyl (C=O) groups excluding carboxylic acids is 2. The smallest absolute Gasteiger partial charge is 0.331 e. The molecule has 0 bridgehead atoms. The van der Waals surface area contributed by atoms with Gasteiger partial charge in [-0.2, -0.15) is 0 Å². The van der Waals surface area contributed by atoms with Crippen molar-refractivity contribution >= 4 is 11.9 Å². The Morgan fingerprint density at radius 3 is 1.89 bits per heavy atom. The van der Waals surface area contributed by atoms with E-state index in [1.165, 1.54) is 6.92 Å². The Bertz CT molecular complexity index is 1950. The monoisotopic (exact) mass is 1010 g/mol. The molecule has 0 unspecified atom stereocenters. The number of hydrogen-bond donors (Lipinski definition) is 8. The van der Waals surface area contributed by atoms with Crippen LogP contribution in [0.5, 0.6) is 0 Å². The summed E-state index contributed by atoms with van der Waals surface area (Å²) in [6.45, 7) is 14.8. The third-order valence-electron chi connectivity index (χ3n) is 20.0. The Labute approximate surface area is 415 Å². The van der Waals surface area contributed by atoms with Crippen molar-refractivity contribution in [2.45, 2.75) is 248 Å². The molecule has 9 rings (SSSR count). The largest absolute Gasteiger partial charge is 0.459 e. The molecule has 20 heteroatoms. The molecule has 0 aromatic rings. The fourth-order valence-electron chi connectivity index (χ4n) is 15.6. The Morgan fingerprint density at radius 2 is 1.31 bits per heavy atom. The molecular formula is C51H80O20. The molecule has 0 aromatic heterocycles. The molecule has 5 aliphatic heterocycles. The first-order chi connectivity index (χ1) is 33.4. The lowest BCUT2D eigenvalue weighted by atomic mass is 9.31. The van der Waals surface area contributed by atoms with E-state index in [-0.39, 0.29) is 60.6 Å². The van der Waals surface area contributed by atoms with Gasteiger partial charge in [0.25, 0.3) is 0 Å². The van der Waals surface area contributed by atoms with E-state index in [4.69, 9.17) is 47.4 Å². The summed E-state index contributed by atoms with van der Waals surface area (Å²) < 4.78 is 60.3. The molecule has 0 amide bonds. The number of carbonyl (C=O) groups is 2. The maximum absolute atomic E-state index is 13.1. The molecule has 404 valence electrons. The van der Waals surface area contributed by atoms with Gasteiger partial charge in [-0.1, -0.05) is 27.7 Å². The van der Waals surface area contributed by atoms with Gasteiger partial charge in [0.05, 0.1) is 54.9 Å². The van der Waals surface area contributed by atoms with Gasteiger partial charge >= 0.3 is 11.9 Å². The van der Waals surface area contributed by atoms with Gasteiger partial charge in [-0.25, -0.2) is 4.79 Å². The lowest BCUT2D eigenvalue weighted by molar-refractivity contribution is -0.355. The van der Waals surface area contributed by atoms with Gasteiger partial charge in [0.1, 0.15) is 55.4 Å². The molecule has 0 aromatic carbocycles. The summed E-state index contributed by atoms with van der Waals surface area (Å²) in [6, 6.07) is 0. The van der Waals surface area contributed by atoms with Gasteiger partial charge in [-0.3, -0.25) is 4.79 Å². The van der Waals surface area contributed by atoms with Gasteiger partial charge in [0.2, 0.25) is 0 Å². The number of aliphatic hydroxyl groups is 8. The van der Waals surface area contributed by atoms with Crippen LogP contribution in [0.1, 0.15) is 126 Å². The molecule has 26 atom stereocenters. The van der Waals surface area contributed by atoms with Crippen molar-refractivity contribution < 1.29 is 97.8 Å². The van der Waals surface area contributed by atoms with Crippen LogP contribution in [0.15, 0.2) is 11.6 Å². The van der Waals surface area contributed by atoms with Crippen LogP contribution in [-0.4, -0.2) is 188 Å². The second-order valence-electron chi connectivity index (χ2n) is 23.4. The lowest BCUT2D eigenvalue weighted by Crippen LogP contribution is -2.75. The number of ether oxygens (including phenoxy) is 10. The van der Waals surface area contributed by atoms with Crippen molar-refractivity contribution in [3.8, 4) is 0 Å². The minimum Gasteiger partial charge on any atom is -0.459 e. The molecule has 8 N–H and O–H groups in total. The molecule has 8 fully saturated rings. The second kappa shape index (κ2) is 19.9. The molecular weight excluding hydrogens is 933 g/mol. The zero-order valence-corrected chi connectivity index (χ0v) is 42.4. The third-order valence-corrected chi connectivity index (χ3v) is 20.0. The SMILES string of the molecule is CC(=O)O[C@H]1C[C@H](O[C@H]2[C@@H](O)C[C@H](O[C@H]3[C@@H](O)C[C@H](O[C@H]4CC[C@@]5(C)[C@H](CC[C@]6(C)[C@]5(C)C[C@@H](O)[C@]5(C)[C@@H](C7=CC(=O)OC7)CC[C@@]56O)C4)O[C@@H]3C)O[C@@H]2C)O[C@H](C)[C@H]1O[C@@H]1O[C@H](CO)[C@@H](O)[C@H](O)[C@H]1O. The molecule has 5 heterocycles. The average Bonchev–Trinajstić information content (AvgIpc) is 3.86. The van der Waals surface area contributed by atoms with E-state index in [9.17, 15) is 50.4 Å². The minimum absolute atomic E-state index is 0.00807. The van der Waals surface area contributed by atoms with Gasteiger partial charge in [0, 0.05) is 43.1 Å². The lowest BCUT2D eigenvalue weighted by Gasteiger charge is -2.74. The predicted octanol–water partition coefficient (Wildman–Crippen LogP) is 1.39. The Kier molecular flexibility index (Phi) is 15.1. The van der Waals surface area contributed by atoms with Crippen LogP contribution in [0.4, 0.5) is 0 Å². The molecule has 71 heavy (non-hydrogen) atoms. The van der Waals surface area contributed by atoms with E-state index in [0.717, 1.165) is 37.7 Å². The Hall–Kier alpha value is -1.96. The first-order valence-corrected chi connectivity index (χ1v) is 26.1. The van der Waals surface area contributed by atoms with Crippen molar-refractivity contribution in [2.24, 2.45) is 33.5 Å². The highest BCUT2D eigenvalue weighted by Crippen LogP contribution is 2.79. The summed E-state index contributed by atoms with van der Waals surface area (Å²) in [6.07, 6.45) is -11.6. The number of esters is 2. The third kappa shape index (κ3) is 8.95. The normalized spacial score (nSPS) is 54.3. The molecule has 9 aliphatic rings. The number of rotatable bonds is 11. The number of hydrogen-bond acceptors (Lipinski definition) is 20. The minimum atomic E-state index is -1.69. The van der Waals surface area contributed by atoms with E-state index in [2.05, 4.69) is 20.8 Å². The number of aliphatic hydroxyl groups excluding tert-OH is 7. The molecule has 4 aliphatic carbocycles. The van der Waals surface area contributed by atoms with Gasteiger partial charge < -0.3 is 88.2 Å². The number of fused-ring (bicyclic) bond motifs is 5. The molecule has 20 nitrogen and oxygen atoms in total.